The predicted molar refractivity (Wildman–Crippen MR) is 61.4 cm³/mol. The van der Waals surface area contributed by atoms with E-state index in [0.29, 0.717) is 5.41 Å². The van der Waals surface area contributed by atoms with Gasteiger partial charge in [-0.2, -0.15) is 0 Å². The molecule has 0 aromatic rings. The fraction of sp³-hybridized carbons (Fsp3) is 1.00. The molecule has 1 heterocycles. The largest absolute Gasteiger partial charge is 0.316 e. The van der Waals surface area contributed by atoms with Crippen molar-refractivity contribution in [2.24, 2.45) is 11.3 Å². The Hall–Kier alpha value is -0.0400. The number of nitrogens with one attached hydrogen (secondary N) is 1. The van der Waals surface area contributed by atoms with Crippen LogP contribution in [0.3, 0.4) is 0 Å². The third kappa shape index (κ3) is 1.98. The summed E-state index contributed by atoms with van der Waals surface area (Å²) in [5, 5.41) is 3.62. The highest BCUT2D eigenvalue weighted by Gasteiger charge is 2.38. The minimum Gasteiger partial charge on any atom is -0.316 e. The van der Waals surface area contributed by atoms with Crippen LogP contribution >= 0.6 is 0 Å². The van der Waals surface area contributed by atoms with E-state index in [4.69, 9.17) is 0 Å². The highest BCUT2D eigenvalue weighted by Crippen LogP contribution is 2.44. The molecule has 2 fully saturated rings. The molecule has 1 unspecified atom stereocenters. The number of rotatable bonds is 2. The first-order chi connectivity index (χ1) is 6.87. The van der Waals surface area contributed by atoms with Gasteiger partial charge in [0, 0.05) is 6.54 Å². The number of piperidine rings is 1. The van der Waals surface area contributed by atoms with Gasteiger partial charge < -0.3 is 5.32 Å². The highest BCUT2D eigenvalue weighted by molar-refractivity contribution is 4.91. The van der Waals surface area contributed by atoms with Crippen LogP contribution in [0.5, 0.6) is 0 Å². The van der Waals surface area contributed by atoms with Crippen molar-refractivity contribution in [1.82, 2.24) is 5.32 Å². The van der Waals surface area contributed by atoms with Crippen molar-refractivity contribution in [3.63, 3.8) is 0 Å². The summed E-state index contributed by atoms with van der Waals surface area (Å²) in [5.41, 5.74) is 0.679. The average Bonchev–Trinajstić information content (AvgIpc) is 2.31. The monoisotopic (exact) mass is 195 g/mol. The maximum atomic E-state index is 3.62. The van der Waals surface area contributed by atoms with Crippen molar-refractivity contribution in [2.75, 3.05) is 13.1 Å². The lowest BCUT2D eigenvalue weighted by atomic mass is 9.64. The van der Waals surface area contributed by atoms with Crippen LogP contribution in [0.4, 0.5) is 0 Å². The summed E-state index contributed by atoms with van der Waals surface area (Å²) < 4.78 is 0. The smallest absolute Gasteiger partial charge is 0.00104 e. The first kappa shape index (κ1) is 10.5. The Balaban J connectivity index is 2.01. The van der Waals surface area contributed by atoms with Gasteiger partial charge in [-0.3, -0.25) is 0 Å². The zero-order valence-electron chi connectivity index (χ0n) is 9.65. The van der Waals surface area contributed by atoms with Gasteiger partial charge in [-0.05, 0) is 50.0 Å². The summed E-state index contributed by atoms with van der Waals surface area (Å²) in [7, 11) is 0. The maximum absolute atomic E-state index is 3.62. The molecule has 82 valence electrons. The van der Waals surface area contributed by atoms with Crippen molar-refractivity contribution in [3.8, 4) is 0 Å². The van der Waals surface area contributed by atoms with Crippen molar-refractivity contribution < 1.29 is 0 Å². The van der Waals surface area contributed by atoms with E-state index in [1.165, 1.54) is 64.5 Å². The van der Waals surface area contributed by atoms with Gasteiger partial charge in [-0.25, -0.2) is 0 Å². The summed E-state index contributed by atoms with van der Waals surface area (Å²) >= 11 is 0. The molecule has 0 radical (unpaired) electrons. The fourth-order valence-electron chi connectivity index (χ4n) is 3.65. The second-order valence-electron chi connectivity index (χ2n) is 5.33. The topological polar surface area (TPSA) is 12.0 Å². The van der Waals surface area contributed by atoms with E-state index in [0.717, 1.165) is 5.92 Å². The first-order valence-corrected chi connectivity index (χ1v) is 6.58. The van der Waals surface area contributed by atoms with Crippen molar-refractivity contribution in [2.45, 2.75) is 58.3 Å². The predicted octanol–water partition coefficient (Wildman–Crippen LogP) is 3.35. The van der Waals surface area contributed by atoms with E-state index in [1.54, 1.807) is 0 Å². The highest BCUT2D eigenvalue weighted by atomic mass is 14.9. The van der Waals surface area contributed by atoms with Crippen LogP contribution in [0.15, 0.2) is 0 Å². The van der Waals surface area contributed by atoms with Crippen LogP contribution in [0, 0.1) is 11.3 Å². The molecule has 1 saturated carbocycles. The fourth-order valence-corrected chi connectivity index (χ4v) is 3.65. The molecule has 1 atom stereocenters. The van der Waals surface area contributed by atoms with Crippen molar-refractivity contribution in [1.29, 1.82) is 0 Å². The maximum Gasteiger partial charge on any atom is 0.00104 e. The quantitative estimate of drug-likeness (QED) is 0.712. The molecule has 0 aromatic heterocycles. The lowest BCUT2D eigenvalue weighted by Gasteiger charge is -2.45. The minimum absolute atomic E-state index is 0.679. The summed E-state index contributed by atoms with van der Waals surface area (Å²) in [6.45, 7) is 4.96. The van der Waals surface area contributed by atoms with Crippen LogP contribution in [-0.4, -0.2) is 13.1 Å². The van der Waals surface area contributed by atoms with Gasteiger partial charge in [0.15, 0.2) is 0 Å². The van der Waals surface area contributed by atoms with Gasteiger partial charge in [-0.15, -0.1) is 0 Å². The molecular weight excluding hydrogens is 170 g/mol. The Bertz CT molecular complexity index is 164. The van der Waals surface area contributed by atoms with Gasteiger partial charge in [0.2, 0.25) is 0 Å². The Morgan fingerprint density at radius 3 is 2.50 bits per heavy atom. The normalized spacial score (nSPS) is 35.8. The lowest BCUT2D eigenvalue weighted by Crippen LogP contribution is -2.45. The summed E-state index contributed by atoms with van der Waals surface area (Å²) in [6.07, 6.45) is 11.8. The Labute approximate surface area is 88.7 Å². The number of hydrogen-bond donors (Lipinski definition) is 1. The third-order valence-electron chi connectivity index (χ3n) is 4.68. The second kappa shape index (κ2) is 4.65. The van der Waals surface area contributed by atoms with Gasteiger partial charge in [0.25, 0.3) is 0 Å². The molecule has 1 aliphatic heterocycles. The SMILES string of the molecule is CCC1(C2CCCCC2)CCCNC1. The van der Waals surface area contributed by atoms with Gasteiger partial charge >= 0.3 is 0 Å². The summed E-state index contributed by atoms with van der Waals surface area (Å²) in [4.78, 5) is 0. The molecule has 2 rings (SSSR count). The second-order valence-corrected chi connectivity index (χ2v) is 5.33. The third-order valence-corrected chi connectivity index (χ3v) is 4.68. The molecule has 1 saturated heterocycles. The van der Waals surface area contributed by atoms with Crippen LogP contribution in [0.2, 0.25) is 0 Å². The van der Waals surface area contributed by atoms with Crippen molar-refractivity contribution in [3.05, 3.63) is 0 Å². The molecule has 1 nitrogen and oxygen atoms in total. The average molecular weight is 195 g/mol. The molecule has 0 aromatic carbocycles. The standard InChI is InChI=1S/C13H25N/c1-2-13(9-6-10-14-11-13)12-7-4-3-5-8-12/h12,14H,2-11H2,1H3. The van der Waals surface area contributed by atoms with E-state index in [1.807, 2.05) is 0 Å². The lowest BCUT2D eigenvalue weighted by molar-refractivity contribution is 0.0767. The summed E-state index contributed by atoms with van der Waals surface area (Å²) in [6, 6.07) is 0. The van der Waals surface area contributed by atoms with Gasteiger partial charge in [-0.1, -0.05) is 26.2 Å². The molecule has 1 N–H and O–H groups in total. The summed E-state index contributed by atoms with van der Waals surface area (Å²) in [5.74, 6) is 1.04. The van der Waals surface area contributed by atoms with Gasteiger partial charge in [0.05, 0.1) is 0 Å². The van der Waals surface area contributed by atoms with Crippen LogP contribution < -0.4 is 5.32 Å². The van der Waals surface area contributed by atoms with Crippen molar-refractivity contribution >= 4 is 0 Å². The Morgan fingerprint density at radius 1 is 1.14 bits per heavy atom. The van der Waals surface area contributed by atoms with E-state index in [9.17, 15) is 0 Å². The van der Waals surface area contributed by atoms with E-state index < -0.39 is 0 Å². The zero-order chi connectivity index (χ0) is 9.86. The molecule has 0 amide bonds. The number of hydrogen-bond acceptors (Lipinski definition) is 1. The molecule has 1 aliphatic carbocycles. The minimum atomic E-state index is 0.679. The molecule has 1 heteroatoms. The molecule has 14 heavy (non-hydrogen) atoms. The van der Waals surface area contributed by atoms with E-state index in [-0.39, 0.29) is 0 Å². The van der Waals surface area contributed by atoms with Crippen LogP contribution in [0.25, 0.3) is 0 Å². The van der Waals surface area contributed by atoms with Crippen LogP contribution in [0.1, 0.15) is 58.3 Å². The molecule has 2 aliphatic rings. The molecule has 0 bridgehead atoms. The zero-order valence-corrected chi connectivity index (χ0v) is 9.65. The first-order valence-electron chi connectivity index (χ1n) is 6.58. The van der Waals surface area contributed by atoms with E-state index >= 15 is 0 Å². The van der Waals surface area contributed by atoms with Gasteiger partial charge in [0.1, 0.15) is 0 Å². The van der Waals surface area contributed by atoms with Crippen LogP contribution in [-0.2, 0) is 0 Å². The Kier molecular flexibility index (Phi) is 3.48. The molecule has 0 spiro atoms. The molecular formula is C13H25N. The Morgan fingerprint density at radius 2 is 1.93 bits per heavy atom. The van der Waals surface area contributed by atoms with E-state index in [2.05, 4.69) is 12.2 Å².